The minimum absolute atomic E-state index is 0.0000634. The predicted molar refractivity (Wildman–Crippen MR) is 68.5 cm³/mol. The van der Waals surface area contributed by atoms with Crippen molar-refractivity contribution in [2.75, 3.05) is 0 Å². The first-order valence-corrected chi connectivity index (χ1v) is 6.59. The van der Waals surface area contributed by atoms with E-state index in [0.717, 1.165) is 0 Å². The first-order valence-electron chi connectivity index (χ1n) is 5.60. The number of hydrogen-bond donors (Lipinski definition) is 2. The maximum absolute atomic E-state index is 11.5. The van der Waals surface area contributed by atoms with Gasteiger partial charge in [-0.15, -0.1) is 5.10 Å². The summed E-state index contributed by atoms with van der Waals surface area (Å²) in [5, 5.41) is 15.6. The first-order chi connectivity index (χ1) is 8.99. The van der Waals surface area contributed by atoms with Crippen LogP contribution in [0.1, 0.15) is 36.2 Å². The van der Waals surface area contributed by atoms with Gasteiger partial charge in [0.25, 0.3) is 0 Å². The summed E-state index contributed by atoms with van der Waals surface area (Å²) in [6.45, 7) is 3.77. The molecule has 0 aliphatic carbocycles. The van der Waals surface area contributed by atoms with E-state index in [0.29, 0.717) is 16.7 Å². The molecule has 0 spiro atoms. The van der Waals surface area contributed by atoms with Crippen molar-refractivity contribution < 1.29 is 14.3 Å². The van der Waals surface area contributed by atoms with Gasteiger partial charge in [-0.25, -0.2) is 14.7 Å². The number of aromatic amines is 1. The van der Waals surface area contributed by atoms with Crippen LogP contribution in [0, 0.1) is 0 Å². The molecular formula is C11H13N3O4S. The molecule has 0 fully saturated rings. The van der Waals surface area contributed by atoms with E-state index in [4.69, 9.17) is 9.52 Å². The lowest BCUT2D eigenvalue weighted by Crippen LogP contribution is -2.19. The third-order valence-electron chi connectivity index (χ3n) is 2.40. The maximum Gasteiger partial charge on any atom is 0.371 e. The molecule has 0 atom stereocenters. The van der Waals surface area contributed by atoms with Crippen LogP contribution in [0.4, 0.5) is 0 Å². The van der Waals surface area contributed by atoms with Gasteiger partial charge in [0.1, 0.15) is 5.76 Å². The van der Waals surface area contributed by atoms with Crippen LogP contribution in [-0.4, -0.2) is 25.8 Å². The Hall–Kier alpha value is -1.96. The highest BCUT2D eigenvalue weighted by atomic mass is 32.2. The van der Waals surface area contributed by atoms with E-state index in [9.17, 15) is 9.59 Å². The number of thioether (sulfide) groups is 1. The van der Waals surface area contributed by atoms with Crippen LogP contribution in [0.5, 0.6) is 0 Å². The van der Waals surface area contributed by atoms with Crippen molar-refractivity contribution in [3.05, 3.63) is 34.1 Å². The van der Waals surface area contributed by atoms with Crippen LogP contribution in [0.25, 0.3) is 0 Å². The van der Waals surface area contributed by atoms with Gasteiger partial charge in [0.2, 0.25) is 5.76 Å². The van der Waals surface area contributed by atoms with Crippen molar-refractivity contribution in [3.8, 4) is 0 Å². The average Bonchev–Trinajstić information content (AvgIpc) is 2.92. The fourth-order valence-electron chi connectivity index (χ4n) is 1.55. The zero-order chi connectivity index (χ0) is 14.0. The molecule has 2 N–H and O–H groups in total. The van der Waals surface area contributed by atoms with Gasteiger partial charge in [0.05, 0.1) is 5.75 Å². The van der Waals surface area contributed by atoms with Crippen molar-refractivity contribution in [2.45, 2.75) is 30.8 Å². The molecule has 102 valence electrons. The number of carboxylic acid groups (broad SMARTS) is 1. The Kier molecular flexibility index (Phi) is 3.79. The quantitative estimate of drug-likeness (QED) is 0.810. The standard InChI is InChI=1S/C11H13N3O4S/c1-6(2)14-10(17)12-13-11(14)19-5-7-3-4-8(18-7)9(15)16/h3-4,6H,5H2,1-2H3,(H,12,17)(H,15,16). The summed E-state index contributed by atoms with van der Waals surface area (Å²) in [4.78, 5) is 22.2. The van der Waals surface area contributed by atoms with E-state index in [-0.39, 0.29) is 17.5 Å². The summed E-state index contributed by atoms with van der Waals surface area (Å²) in [6, 6.07) is 3.00. The van der Waals surface area contributed by atoms with Crippen LogP contribution in [-0.2, 0) is 5.75 Å². The van der Waals surface area contributed by atoms with E-state index < -0.39 is 5.97 Å². The van der Waals surface area contributed by atoms with Crippen LogP contribution >= 0.6 is 11.8 Å². The third-order valence-corrected chi connectivity index (χ3v) is 3.38. The molecule has 2 heterocycles. The maximum atomic E-state index is 11.5. The Morgan fingerprint density at radius 1 is 1.58 bits per heavy atom. The number of carboxylic acids is 1. The SMILES string of the molecule is CC(C)n1c(SCc2ccc(C(=O)O)o2)n[nH]c1=O. The fourth-order valence-corrected chi connectivity index (χ4v) is 2.52. The lowest BCUT2D eigenvalue weighted by Gasteiger charge is -2.07. The molecule has 0 aliphatic rings. The molecule has 0 unspecified atom stereocenters. The molecule has 0 bridgehead atoms. The smallest absolute Gasteiger partial charge is 0.371 e. The topological polar surface area (TPSA) is 101 Å². The van der Waals surface area contributed by atoms with Crippen LogP contribution in [0.2, 0.25) is 0 Å². The van der Waals surface area contributed by atoms with Crippen LogP contribution in [0.15, 0.2) is 26.5 Å². The molecule has 0 saturated heterocycles. The molecule has 2 rings (SSSR count). The Labute approximate surface area is 112 Å². The molecule has 0 radical (unpaired) electrons. The van der Waals surface area contributed by atoms with Gasteiger partial charge in [-0.3, -0.25) is 4.57 Å². The number of nitrogens with one attached hydrogen (secondary N) is 1. The Morgan fingerprint density at radius 3 is 2.89 bits per heavy atom. The second-order valence-corrected chi connectivity index (χ2v) is 5.08. The number of aromatic carboxylic acids is 1. The molecule has 7 nitrogen and oxygen atoms in total. The van der Waals surface area contributed by atoms with E-state index in [2.05, 4.69) is 10.2 Å². The highest BCUT2D eigenvalue weighted by Crippen LogP contribution is 2.22. The normalized spacial score (nSPS) is 11.1. The van der Waals surface area contributed by atoms with E-state index in [1.807, 2.05) is 13.8 Å². The molecular weight excluding hydrogens is 270 g/mol. The largest absolute Gasteiger partial charge is 0.475 e. The molecule has 0 aromatic carbocycles. The molecule has 8 heteroatoms. The van der Waals surface area contributed by atoms with Gasteiger partial charge < -0.3 is 9.52 Å². The van der Waals surface area contributed by atoms with Gasteiger partial charge in [0.15, 0.2) is 5.16 Å². The van der Waals surface area contributed by atoms with Crippen LogP contribution < -0.4 is 5.69 Å². The zero-order valence-electron chi connectivity index (χ0n) is 10.4. The van der Waals surface area contributed by atoms with E-state index in [1.54, 1.807) is 6.07 Å². The first kappa shape index (κ1) is 13.5. The van der Waals surface area contributed by atoms with Gasteiger partial charge in [-0.1, -0.05) is 11.8 Å². The van der Waals surface area contributed by atoms with Crippen LogP contribution in [0.3, 0.4) is 0 Å². The van der Waals surface area contributed by atoms with Gasteiger partial charge >= 0.3 is 11.7 Å². The number of rotatable bonds is 5. The third kappa shape index (κ3) is 2.90. The summed E-state index contributed by atoms with van der Waals surface area (Å²) in [7, 11) is 0. The van der Waals surface area contributed by atoms with Crippen molar-refractivity contribution in [2.24, 2.45) is 0 Å². The molecule has 0 aliphatic heterocycles. The fraction of sp³-hybridized carbons (Fsp3) is 0.364. The lowest BCUT2D eigenvalue weighted by atomic mass is 10.4. The summed E-state index contributed by atoms with van der Waals surface area (Å²) in [5.41, 5.74) is -0.261. The summed E-state index contributed by atoms with van der Waals surface area (Å²) in [5.74, 6) is -0.272. The van der Waals surface area contributed by atoms with Crippen molar-refractivity contribution in [3.63, 3.8) is 0 Å². The van der Waals surface area contributed by atoms with Gasteiger partial charge in [-0.2, -0.15) is 0 Å². The van der Waals surface area contributed by atoms with E-state index >= 15 is 0 Å². The van der Waals surface area contributed by atoms with Gasteiger partial charge in [0, 0.05) is 6.04 Å². The predicted octanol–water partition coefficient (Wildman–Crippen LogP) is 1.74. The minimum atomic E-state index is -1.10. The Morgan fingerprint density at radius 2 is 2.32 bits per heavy atom. The van der Waals surface area contributed by atoms with Crippen molar-refractivity contribution in [1.29, 1.82) is 0 Å². The zero-order valence-corrected chi connectivity index (χ0v) is 11.2. The van der Waals surface area contributed by atoms with Crippen molar-refractivity contribution in [1.82, 2.24) is 14.8 Å². The second-order valence-electron chi connectivity index (χ2n) is 4.13. The number of furan rings is 1. The highest BCUT2D eigenvalue weighted by Gasteiger charge is 2.14. The molecule has 0 saturated carbocycles. The molecule has 19 heavy (non-hydrogen) atoms. The number of aromatic nitrogens is 3. The summed E-state index contributed by atoms with van der Waals surface area (Å²) >= 11 is 1.31. The number of carbonyl (C=O) groups is 1. The summed E-state index contributed by atoms with van der Waals surface area (Å²) in [6.07, 6.45) is 0. The Balaban J connectivity index is 2.10. The molecule has 0 amide bonds. The number of nitrogens with zero attached hydrogens (tertiary/aromatic N) is 2. The monoisotopic (exact) mass is 283 g/mol. The number of hydrogen-bond acceptors (Lipinski definition) is 5. The number of H-pyrrole nitrogens is 1. The summed E-state index contributed by atoms with van der Waals surface area (Å²) < 4.78 is 6.66. The lowest BCUT2D eigenvalue weighted by molar-refractivity contribution is 0.0661. The highest BCUT2D eigenvalue weighted by molar-refractivity contribution is 7.98. The average molecular weight is 283 g/mol. The molecule has 2 aromatic heterocycles. The minimum Gasteiger partial charge on any atom is -0.475 e. The van der Waals surface area contributed by atoms with E-state index in [1.165, 1.54) is 22.4 Å². The molecule has 2 aromatic rings. The second kappa shape index (κ2) is 5.35. The van der Waals surface area contributed by atoms with Crippen molar-refractivity contribution >= 4 is 17.7 Å². The Bertz CT molecular complexity index is 640. The van der Waals surface area contributed by atoms with Gasteiger partial charge in [-0.05, 0) is 26.0 Å².